The number of hydrogen-bond donors (Lipinski definition) is 1. The van der Waals surface area contributed by atoms with Crippen LogP contribution in [0.1, 0.15) is 361 Å². The van der Waals surface area contributed by atoms with Crippen LogP contribution in [0.3, 0.4) is 0 Å². The number of aliphatic carboxylic acids is 1. The molecule has 0 fully saturated rings. The van der Waals surface area contributed by atoms with Gasteiger partial charge in [0, 0.05) is 12.8 Å². The van der Waals surface area contributed by atoms with Crippen molar-refractivity contribution in [3.8, 4) is 0 Å². The molecule has 0 aromatic rings. The van der Waals surface area contributed by atoms with Crippen LogP contribution in [0, 0.1) is 0 Å². The summed E-state index contributed by atoms with van der Waals surface area (Å²) in [6, 6.07) is 0. The Bertz CT molecular complexity index is 1530. The van der Waals surface area contributed by atoms with Crippen LogP contribution in [0.2, 0.25) is 0 Å². The third kappa shape index (κ3) is 68.6. The number of ether oxygens (including phenoxy) is 4. The molecule has 1 N–H and O–H groups in total. The minimum absolute atomic E-state index is 0.178. The zero-order chi connectivity index (χ0) is 61.9. The van der Waals surface area contributed by atoms with Crippen LogP contribution >= 0.6 is 0 Å². The Hall–Kier alpha value is -2.75. The summed E-state index contributed by atoms with van der Waals surface area (Å²) in [5, 5.41) is 9.75. The molecule has 0 aromatic heterocycles. The second kappa shape index (κ2) is 67.2. The Kier molecular flexibility index (Phi) is 65.0. The topological polar surface area (TPSA) is 108 Å². The predicted molar refractivity (Wildman–Crippen MR) is 364 cm³/mol. The van der Waals surface area contributed by atoms with E-state index in [4.69, 9.17) is 18.9 Å². The minimum atomic E-state index is -1.51. The lowest BCUT2D eigenvalue weighted by molar-refractivity contribution is -0.870. The molecule has 0 saturated heterocycles. The Labute approximate surface area is 527 Å². The van der Waals surface area contributed by atoms with Gasteiger partial charge in [-0.15, -0.1) is 0 Å². The van der Waals surface area contributed by atoms with Crippen molar-refractivity contribution in [2.75, 3.05) is 47.5 Å². The first-order valence-electron chi connectivity index (χ1n) is 36.8. The molecule has 0 aliphatic rings. The van der Waals surface area contributed by atoms with E-state index in [1.54, 1.807) is 0 Å². The number of carbonyl (C=O) groups is 3. The van der Waals surface area contributed by atoms with Crippen LogP contribution in [0.5, 0.6) is 0 Å². The first-order valence-corrected chi connectivity index (χ1v) is 36.8. The van der Waals surface area contributed by atoms with Gasteiger partial charge in [0.05, 0.1) is 34.4 Å². The molecule has 0 aliphatic heterocycles. The van der Waals surface area contributed by atoms with Gasteiger partial charge in [0.15, 0.2) is 6.10 Å². The quantitative estimate of drug-likeness (QED) is 0.0211. The summed E-state index contributed by atoms with van der Waals surface area (Å²) in [5.74, 6) is -1.98. The Balaban J connectivity index is 4.05. The van der Waals surface area contributed by atoms with E-state index in [2.05, 4.69) is 62.5 Å². The second-order valence-electron chi connectivity index (χ2n) is 26.3. The SMILES string of the molecule is CCCCCCC/C=C\C/C=C\C/C=C\CCCCCCCCCCCCCCCCC(=O)OC(COC(=O)CCCCCCCCCCCCCCCCCCCCC/C=C\CCCCCCCCCC)COC(OCC[N+](C)(C)C)C(=O)O. The lowest BCUT2D eigenvalue weighted by Crippen LogP contribution is -2.40. The van der Waals surface area contributed by atoms with Crippen molar-refractivity contribution in [1.29, 1.82) is 0 Å². The molecule has 0 radical (unpaired) electrons. The molecule has 0 rings (SSSR count). The summed E-state index contributed by atoms with van der Waals surface area (Å²) in [6.45, 7) is 4.93. The smallest absolute Gasteiger partial charge is 0.361 e. The van der Waals surface area contributed by atoms with Crippen LogP contribution in [-0.4, -0.2) is 87.4 Å². The zero-order valence-electron chi connectivity index (χ0n) is 57.0. The number of carbonyl (C=O) groups excluding carboxylic acids is 2. The number of carboxylic acid groups (broad SMARTS) is 1. The number of quaternary nitrogens is 1. The Morgan fingerprint density at radius 1 is 0.353 bits per heavy atom. The lowest BCUT2D eigenvalue weighted by Gasteiger charge is -2.25. The third-order valence-corrected chi connectivity index (χ3v) is 16.6. The fourth-order valence-corrected chi connectivity index (χ4v) is 10.9. The molecule has 0 heterocycles. The molecule has 0 aliphatic carbocycles. The van der Waals surface area contributed by atoms with E-state index in [-0.39, 0.29) is 38.2 Å². The maximum atomic E-state index is 13.0. The molecular weight excluding hydrogens is 1050 g/mol. The van der Waals surface area contributed by atoms with E-state index in [1.165, 1.54) is 283 Å². The van der Waals surface area contributed by atoms with E-state index in [0.717, 1.165) is 51.4 Å². The first kappa shape index (κ1) is 82.2. The van der Waals surface area contributed by atoms with Crippen LogP contribution < -0.4 is 0 Å². The lowest BCUT2D eigenvalue weighted by atomic mass is 10.0. The van der Waals surface area contributed by atoms with Gasteiger partial charge in [-0.05, 0) is 77.0 Å². The minimum Gasteiger partial charge on any atom is -0.477 e. The molecule has 85 heavy (non-hydrogen) atoms. The van der Waals surface area contributed by atoms with Crippen LogP contribution in [0.4, 0.5) is 0 Å². The molecule has 0 saturated carbocycles. The summed E-state index contributed by atoms with van der Waals surface area (Å²) >= 11 is 0. The fourth-order valence-electron chi connectivity index (χ4n) is 10.9. The summed E-state index contributed by atoms with van der Waals surface area (Å²) in [5.41, 5.74) is 0. The monoisotopic (exact) mass is 1200 g/mol. The number of rotatable bonds is 69. The molecule has 2 atom stereocenters. The number of carboxylic acids is 1. The highest BCUT2D eigenvalue weighted by atomic mass is 16.7. The van der Waals surface area contributed by atoms with Gasteiger partial charge in [-0.1, -0.05) is 319 Å². The van der Waals surface area contributed by atoms with Crippen molar-refractivity contribution < 1.29 is 42.9 Å². The molecule has 2 unspecified atom stereocenters. The van der Waals surface area contributed by atoms with Crippen LogP contribution in [-0.2, 0) is 33.3 Å². The van der Waals surface area contributed by atoms with Crippen molar-refractivity contribution in [2.45, 2.75) is 373 Å². The molecule has 9 nitrogen and oxygen atoms in total. The molecule has 0 bridgehead atoms. The van der Waals surface area contributed by atoms with Gasteiger partial charge in [-0.25, -0.2) is 4.79 Å². The summed E-state index contributed by atoms with van der Waals surface area (Å²) in [4.78, 5) is 37.7. The number of nitrogens with zero attached hydrogens (tertiary/aromatic N) is 1. The van der Waals surface area contributed by atoms with Crippen molar-refractivity contribution >= 4 is 17.9 Å². The largest absolute Gasteiger partial charge is 0.477 e. The van der Waals surface area contributed by atoms with Crippen molar-refractivity contribution in [1.82, 2.24) is 0 Å². The van der Waals surface area contributed by atoms with Gasteiger partial charge < -0.3 is 28.5 Å². The van der Waals surface area contributed by atoms with Gasteiger partial charge in [0.2, 0.25) is 0 Å². The third-order valence-electron chi connectivity index (χ3n) is 16.6. The number of allylic oxidation sites excluding steroid dienone is 8. The average Bonchev–Trinajstić information content (AvgIpc) is 3.48. The number of unbranched alkanes of at least 4 members (excludes halogenated alkanes) is 46. The maximum Gasteiger partial charge on any atom is 0.361 e. The molecule has 9 heteroatoms. The molecular formula is C76H142NO8+. The summed E-state index contributed by atoms with van der Waals surface area (Å²) in [7, 11) is 5.99. The zero-order valence-corrected chi connectivity index (χ0v) is 57.0. The van der Waals surface area contributed by atoms with Gasteiger partial charge in [-0.3, -0.25) is 9.59 Å². The van der Waals surface area contributed by atoms with Crippen LogP contribution in [0.25, 0.3) is 0 Å². The highest BCUT2D eigenvalue weighted by Gasteiger charge is 2.25. The van der Waals surface area contributed by atoms with Crippen molar-refractivity contribution in [3.05, 3.63) is 48.6 Å². The van der Waals surface area contributed by atoms with E-state index in [1.807, 2.05) is 21.1 Å². The van der Waals surface area contributed by atoms with Crippen LogP contribution in [0.15, 0.2) is 48.6 Å². The van der Waals surface area contributed by atoms with E-state index < -0.39 is 18.4 Å². The summed E-state index contributed by atoms with van der Waals surface area (Å²) in [6.07, 6.45) is 83.8. The first-order chi connectivity index (χ1) is 41.6. The molecule has 0 spiro atoms. The normalized spacial score (nSPS) is 12.9. The predicted octanol–water partition coefficient (Wildman–Crippen LogP) is 22.9. The van der Waals surface area contributed by atoms with E-state index >= 15 is 0 Å². The van der Waals surface area contributed by atoms with Gasteiger partial charge in [0.1, 0.15) is 13.2 Å². The maximum absolute atomic E-state index is 13.0. The average molecular weight is 1200 g/mol. The number of hydrogen-bond acceptors (Lipinski definition) is 7. The Morgan fingerprint density at radius 3 is 0.953 bits per heavy atom. The number of likely N-dealkylation sites (N-methyl/N-ethyl adjacent to an activating group) is 1. The molecule has 0 amide bonds. The molecule has 498 valence electrons. The van der Waals surface area contributed by atoms with Crippen molar-refractivity contribution in [3.63, 3.8) is 0 Å². The van der Waals surface area contributed by atoms with Crippen molar-refractivity contribution in [2.24, 2.45) is 0 Å². The Morgan fingerprint density at radius 2 is 0.635 bits per heavy atom. The number of esters is 2. The van der Waals surface area contributed by atoms with E-state index in [0.29, 0.717) is 17.4 Å². The van der Waals surface area contributed by atoms with E-state index in [9.17, 15) is 19.5 Å². The van der Waals surface area contributed by atoms with Gasteiger partial charge >= 0.3 is 17.9 Å². The fraction of sp³-hybridized carbons (Fsp3) is 0.855. The second-order valence-corrected chi connectivity index (χ2v) is 26.3. The highest BCUT2D eigenvalue weighted by Crippen LogP contribution is 2.19. The molecule has 0 aromatic carbocycles. The van der Waals surface area contributed by atoms with Gasteiger partial charge in [0.25, 0.3) is 6.29 Å². The summed E-state index contributed by atoms with van der Waals surface area (Å²) < 4.78 is 23.0. The van der Waals surface area contributed by atoms with Gasteiger partial charge in [-0.2, -0.15) is 0 Å². The standard InChI is InChI=1S/C76H141NO8/c1-6-8-10-12-14-16-18-20-22-24-26-28-30-32-34-36-37-39-40-42-44-46-48-50-52-54-56-58-60-62-64-66-73(78)83-70-72(71-84-76(75(80)81)82-69-68-77(3,4)5)85-74(79)67-65-63-61-59-57-55-53-51-49-47-45-43-41-38-35-33-31-29-27-25-23-21-19-17-15-13-11-9-7-2/h19,21,24-27,31,33,72,76H,6-18,20,22-23,28-30,32,34-71H2,1-5H3/p+1/b21-19-,26-24-,27-25-,33-31-. The highest BCUT2D eigenvalue weighted by molar-refractivity contribution is 5.71.